The Hall–Kier alpha value is -3.26. The second kappa shape index (κ2) is 7.05. The molecule has 0 aliphatic heterocycles. The minimum absolute atomic E-state index is 0.302. The van der Waals surface area contributed by atoms with E-state index in [-0.39, 0.29) is 0 Å². The molecule has 0 radical (unpaired) electrons. The molecule has 3 aromatic carbocycles. The number of nitrogens with zero attached hydrogens (tertiary/aromatic N) is 1. The van der Waals surface area contributed by atoms with E-state index in [1.807, 2.05) is 41.2 Å². The third-order valence-electron chi connectivity index (χ3n) is 5.37. The molecule has 28 heavy (non-hydrogen) atoms. The summed E-state index contributed by atoms with van der Waals surface area (Å²) in [5, 5.41) is 11.2. The van der Waals surface area contributed by atoms with Crippen molar-refractivity contribution in [1.82, 2.24) is 4.57 Å². The number of hydrogen-bond acceptors (Lipinski definition) is 1. The molecule has 0 atom stereocenters. The van der Waals surface area contributed by atoms with E-state index in [2.05, 4.69) is 64.1 Å². The Morgan fingerprint density at radius 2 is 1.32 bits per heavy atom. The van der Waals surface area contributed by atoms with Crippen LogP contribution < -0.4 is 0 Å². The van der Waals surface area contributed by atoms with Gasteiger partial charge in [-0.1, -0.05) is 42.0 Å². The molecule has 0 bridgehead atoms. The number of aromatic hydroxyl groups is 1. The van der Waals surface area contributed by atoms with Gasteiger partial charge in [-0.25, -0.2) is 0 Å². The highest BCUT2D eigenvalue weighted by Gasteiger charge is 2.17. The first-order chi connectivity index (χ1) is 13.5. The van der Waals surface area contributed by atoms with E-state index in [4.69, 9.17) is 0 Å². The largest absolute Gasteiger partial charge is 0.505 e. The van der Waals surface area contributed by atoms with Gasteiger partial charge >= 0.3 is 0 Å². The van der Waals surface area contributed by atoms with Crippen LogP contribution >= 0.6 is 0 Å². The summed E-state index contributed by atoms with van der Waals surface area (Å²) in [6.45, 7) is 8.53. The fourth-order valence-corrected chi connectivity index (χ4v) is 4.17. The van der Waals surface area contributed by atoms with Gasteiger partial charge in [-0.05, 0) is 85.3 Å². The molecular formula is C26H25NO. The van der Waals surface area contributed by atoms with Gasteiger partial charge in [0, 0.05) is 18.0 Å². The average Bonchev–Trinajstić information content (AvgIpc) is 3.17. The maximum atomic E-state index is 11.2. The lowest BCUT2D eigenvalue weighted by molar-refractivity contribution is 0.474. The van der Waals surface area contributed by atoms with Gasteiger partial charge in [-0.15, -0.1) is 0 Å². The van der Waals surface area contributed by atoms with Crippen molar-refractivity contribution in [1.29, 1.82) is 0 Å². The normalized spacial score (nSPS) is 11.0. The highest BCUT2D eigenvalue weighted by atomic mass is 16.3. The van der Waals surface area contributed by atoms with E-state index >= 15 is 0 Å². The smallest absolute Gasteiger partial charge is 0.147 e. The van der Waals surface area contributed by atoms with E-state index in [9.17, 15) is 5.11 Å². The van der Waals surface area contributed by atoms with Gasteiger partial charge in [0.2, 0.25) is 0 Å². The molecule has 1 N–H and O–H groups in total. The van der Waals surface area contributed by atoms with Crippen molar-refractivity contribution < 1.29 is 5.11 Å². The predicted octanol–water partition coefficient (Wildman–Crippen LogP) is 6.75. The fraction of sp³-hybridized carbons (Fsp3) is 0.154. The number of phenolic OH excluding ortho intramolecular Hbond substituents is 1. The first-order valence-corrected chi connectivity index (χ1v) is 9.60. The van der Waals surface area contributed by atoms with Gasteiger partial charge in [0.15, 0.2) is 0 Å². The summed E-state index contributed by atoms with van der Waals surface area (Å²) < 4.78 is 1.97. The topological polar surface area (TPSA) is 25.2 Å². The van der Waals surface area contributed by atoms with Gasteiger partial charge in [0.05, 0.1) is 5.69 Å². The zero-order valence-electron chi connectivity index (χ0n) is 16.8. The van der Waals surface area contributed by atoms with E-state index in [0.29, 0.717) is 5.75 Å². The molecule has 0 unspecified atom stereocenters. The Bertz CT molecular complexity index is 1130. The highest BCUT2D eigenvalue weighted by molar-refractivity contribution is 5.85. The second-order valence-corrected chi connectivity index (χ2v) is 7.57. The number of aromatic nitrogens is 1. The number of rotatable bonds is 3. The first-order valence-electron chi connectivity index (χ1n) is 9.60. The molecule has 0 aliphatic rings. The summed E-state index contributed by atoms with van der Waals surface area (Å²) in [6, 6.07) is 20.8. The van der Waals surface area contributed by atoms with Crippen LogP contribution in [0.2, 0.25) is 0 Å². The summed E-state index contributed by atoms with van der Waals surface area (Å²) in [6.07, 6.45) is 3.94. The Kier molecular flexibility index (Phi) is 4.56. The monoisotopic (exact) mass is 367 g/mol. The maximum Gasteiger partial charge on any atom is 0.147 e. The molecule has 140 valence electrons. The third-order valence-corrected chi connectivity index (χ3v) is 5.37. The van der Waals surface area contributed by atoms with Crippen LogP contribution in [0.4, 0.5) is 0 Å². The highest BCUT2D eigenvalue weighted by Crippen LogP contribution is 2.41. The molecule has 0 saturated heterocycles. The molecule has 1 heterocycles. The lowest BCUT2D eigenvalue weighted by Crippen LogP contribution is -1.97. The lowest BCUT2D eigenvalue weighted by atomic mass is 9.90. The van der Waals surface area contributed by atoms with Gasteiger partial charge < -0.3 is 9.67 Å². The van der Waals surface area contributed by atoms with Gasteiger partial charge in [-0.2, -0.15) is 0 Å². The van der Waals surface area contributed by atoms with Crippen molar-refractivity contribution in [3.8, 4) is 33.7 Å². The molecule has 4 rings (SSSR count). The van der Waals surface area contributed by atoms with Crippen LogP contribution in [-0.2, 0) is 0 Å². The van der Waals surface area contributed by atoms with Crippen molar-refractivity contribution in [2.45, 2.75) is 27.7 Å². The van der Waals surface area contributed by atoms with Crippen molar-refractivity contribution in [2.24, 2.45) is 0 Å². The van der Waals surface area contributed by atoms with Crippen molar-refractivity contribution in [3.63, 3.8) is 0 Å². The molecule has 0 saturated carbocycles. The average molecular weight is 367 g/mol. The van der Waals surface area contributed by atoms with Crippen LogP contribution in [0, 0.1) is 27.7 Å². The van der Waals surface area contributed by atoms with E-state index in [1.54, 1.807) is 0 Å². The maximum absolute atomic E-state index is 11.2. The van der Waals surface area contributed by atoms with Crippen molar-refractivity contribution in [2.75, 3.05) is 0 Å². The number of hydrogen-bond donors (Lipinski definition) is 1. The van der Waals surface area contributed by atoms with E-state index < -0.39 is 0 Å². The zero-order valence-corrected chi connectivity index (χ0v) is 16.8. The van der Waals surface area contributed by atoms with Crippen LogP contribution in [0.5, 0.6) is 5.75 Å². The van der Waals surface area contributed by atoms with Crippen LogP contribution in [0.1, 0.15) is 22.3 Å². The second-order valence-electron chi connectivity index (χ2n) is 7.57. The van der Waals surface area contributed by atoms with Gasteiger partial charge in [0.1, 0.15) is 5.75 Å². The predicted molar refractivity (Wildman–Crippen MR) is 117 cm³/mol. The molecule has 0 aliphatic carbocycles. The molecule has 0 fully saturated rings. The Balaban J connectivity index is 2.05. The van der Waals surface area contributed by atoms with Crippen LogP contribution in [-0.4, -0.2) is 9.67 Å². The summed E-state index contributed by atoms with van der Waals surface area (Å²) in [4.78, 5) is 0. The zero-order chi connectivity index (χ0) is 19.8. The lowest BCUT2D eigenvalue weighted by Gasteiger charge is -2.18. The molecule has 1 aromatic heterocycles. The summed E-state index contributed by atoms with van der Waals surface area (Å²) in [5.74, 6) is 0.302. The molecule has 4 aromatic rings. The molecule has 2 nitrogen and oxygen atoms in total. The molecule has 0 amide bonds. The number of aryl methyl sites for hydroxylation is 4. The summed E-state index contributed by atoms with van der Waals surface area (Å²) in [5.41, 5.74) is 9.96. The van der Waals surface area contributed by atoms with Crippen molar-refractivity contribution >= 4 is 0 Å². The Labute approximate surface area is 166 Å². The molecular weight excluding hydrogens is 342 g/mol. The fourth-order valence-electron chi connectivity index (χ4n) is 4.17. The minimum Gasteiger partial charge on any atom is -0.505 e. The molecule has 2 heteroatoms. The van der Waals surface area contributed by atoms with Crippen LogP contribution in [0.3, 0.4) is 0 Å². The van der Waals surface area contributed by atoms with Gasteiger partial charge in [0.25, 0.3) is 0 Å². The SMILES string of the molecule is Cc1cc(C)c(-c2cc(-c3ccccc3C)c(O)c(-n3cccc3)c2)c(C)c1. The van der Waals surface area contributed by atoms with Crippen LogP contribution in [0.25, 0.3) is 27.9 Å². The molecule has 0 spiro atoms. The van der Waals surface area contributed by atoms with E-state index in [1.165, 1.54) is 22.3 Å². The Morgan fingerprint density at radius 3 is 1.96 bits per heavy atom. The minimum atomic E-state index is 0.302. The van der Waals surface area contributed by atoms with Crippen molar-refractivity contribution in [3.05, 3.63) is 95.3 Å². The summed E-state index contributed by atoms with van der Waals surface area (Å²) in [7, 11) is 0. The standard InChI is InChI=1S/C26H25NO/c1-17-13-19(3)25(20(4)14-17)21-15-23(22-10-6-5-9-18(22)2)26(28)24(16-21)27-11-7-8-12-27/h5-16,28H,1-4H3. The quantitative estimate of drug-likeness (QED) is 0.425. The number of benzene rings is 3. The first kappa shape index (κ1) is 18.1. The van der Waals surface area contributed by atoms with Crippen LogP contribution in [0.15, 0.2) is 73.1 Å². The number of phenols is 1. The van der Waals surface area contributed by atoms with E-state index in [0.717, 1.165) is 27.9 Å². The Morgan fingerprint density at radius 1 is 0.679 bits per heavy atom. The van der Waals surface area contributed by atoms with Gasteiger partial charge in [-0.3, -0.25) is 0 Å². The third kappa shape index (κ3) is 3.11. The summed E-state index contributed by atoms with van der Waals surface area (Å²) >= 11 is 0.